The zero-order valence-corrected chi connectivity index (χ0v) is 99.4. The Morgan fingerprint density at radius 1 is 0.270 bits per heavy atom. The normalized spacial score (nSPS) is 13.7. The first-order chi connectivity index (χ1) is 61.0. The quantitative estimate of drug-likeness (QED) is 0.0273. The number of benzene rings is 2. The molecule has 0 amide bonds. The molecule has 9 heterocycles. The SMILES string of the molecule is C1CCOC1.CCCCCCCCC(CCCCCC)Cc1ccc(-c2c3c[c]([Sn]([CH3])([CH3])[CH3])sc3c(-c3ccc(CC(CCCCCC)CCCCCCCC)s3)c3c[c]([Sn]([CH3])([CH3])[CH3])sc23)s1.CCCCCCCCC(CCCCCC)Cc1ccc(-c2c3ccsc3c(-c3ccc(CC(CCCCCC)CCCCCCCC)s3)c3ccsc23)s1.[CH3][Sn]([CH3])([CH3])[Cl]. The molecule has 0 bridgehead atoms. The van der Waals surface area contributed by atoms with E-state index in [1.54, 1.807) is 56.6 Å². The number of halogens is 1. The van der Waals surface area contributed by atoms with E-state index in [4.69, 9.17) is 13.7 Å². The number of thiophene rings is 8. The van der Waals surface area contributed by atoms with E-state index in [9.17, 15) is 0 Å². The van der Waals surface area contributed by atoms with E-state index in [2.05, 4.69) is 251 Å². The molecular weight excluding hydrogens is 2020 g/mol. The van der Waals surface area contributed by atoms with Crippen LogP contribution in [0.1, 0.15) is 396 Å². The average molecular weight is 2200 g/mol. The van der Waals surface area contributed by atoms with Crippen molar-refractivity contribution in [1.29, 1.82) is 0 Å². The first-order valence-electron chi connectivity index (χ1n) is 52.6. The number of ether oxygens (including phenoxy) is 1. The van der Waals surface area contributed by atoms with Crippen LogP contribution >= 0.6 is 99.6 Å². The maximum absolute atomic E-state index is 5.74. The molecule has 706 valence electrons. The molecule has 1 aliphatic rings. The van der Waals surface area contributed by atoms with Crippen LogP contribution in [0.5, 0.6) is 0 Å². The molecule has 4 atom stereocenters. The van der Waals surface area contributed by atoms with Gasteiger partial charge in [-0.15, -0.1) is 45.3 Å². The Balaban J connectivity index is 0.000000282. The monoisotopic (exact) mass is 2200 g/mol. The number of fused-ring (bicyclic) bond motifs is 4. The van der Waals surface area contributed by atoms with E-state index in [-0.39, 0.29) is 0 Å². The summed E-state index contributed by atoms with van der Waals surface area (Å²) in [4.78, 5) is 34.8. The summed E-state index contributed by atoms with van der Waals surface area (Å²) in [7, 11) is 5.74. The summed E-state index contributed by atoms with van der Waals surface area (Å²) in [5.41, 5.74) is 6.15. The first kappa shape index (κ1) is 111. The molecule has 8 aromatic heterocycles. The van der Waals surface area contributed by atoms with Crippen molar-refractivity contribution >= 4 is 200 Å². The van der Waals surface area contributed by atoms with Crippen molar-refractivity contribution in [3.8, 4) is 41.8 Å². The van der Waals surface area contributed by atoms with E-state index in [1.807, 2.05) is 22.7 Å². The molecule has 1 aliphatic heterocycles. The van der Waals surface area contributed by atoms with Crippen molar-refractivity contribution in [2.24, 2.45) is 23.7 Å². The molecule has 10 aromatic rings. The summed E-state index contributed by atoms with van der Waals surface area (Å²) in [6.07, 6.45) is 74.8. The Morgan fingerprint density at radius 2 is 0.484 bits per heavy atom. The van der Waals surface area contributed by atoms with Gasteiger partial charge >= 0.3 is 347 Å². The molecular formula is C113H181ClOS8Sn3. The van der Waals surface area contributed by atoms with Gasteiger partial charge in [0.1, 0.15) is 0 Å². The van der Waals surface area contributed by atoms with Crippen molar-refractivity contribution in [3.05, 3.63) is 103 Å². The summed E-state index contributed by atoms with van der Waals surface area (Å²) in [5, 5.41) is 10.8. The predicted molar refractivity (Wildman–Crippen MR) is 599 cm³/mol. The molecule has 1 fully saturated rings. The van der Waals surface area contributed by atoms with Crippen LogP contribution < -0.4 is 5.79 Å². The molecule has 11 rings (SSSR count). The van der Waals surface area contributed by atoms with Gasteiger partial charge in [-0.3, -0.25) is 0 Å². The van der Waals surface area contributed by atoms with Gasteiger partial charge in [-0.25, -0.2) is 0 Å². The second-order valence-corrected chi connectivity index (χ2v) is 100. The predicted octanol–water partition coefficient (Wildman–Crippen LogP) is 42.6. The molecule has 0 radical (unpaired) electrons. The van der Waals surface area contributed by atoms with Crippen LogP contribution in [-0.2, 0) is 30.4 Å². The van der Waals surface area contributed by atoms with Crippen molar-refractivity contribution in [1.82, 2.24) is 0 Å². The molecule has 0 N–H and O–H groups in total. The minimum absolute atomic E-state index is 0.827. The second kappa shape index (κ2) is 62.5. The van der Waals surface area contributed by atoms with E-state index in [0.717, 1.165) is 36.9 Å². The molecule has 13 heteroatoms. The van der Waals surface area contributed by atoms with Gasteiger partial charge in [0.15, 0.2) is 0 Å². The van der Waals surface area contributed by atoms with E-state index >= 15 is 0 Å². The minimum atomic E-state index is -2.39. The van der Waals surface area contributed by atoms with Crippen molar-refractivity contribution in [2.45, 2.75) is 447 Å². The summed E-state index contributed by atoms with van der Waals surface area (Å²) < 4.78 is 14.6. The Labute approximate surface area is 823 Å². The standard InChI is InChI=1S/C50H74S4.C50H72S4.C4H8O.9CH3.ClH.3Sn/c2*1-5-9-13-17-19-23-27-39(25-21-15-11-7-3)37-41-29-31-45(53-41)47-43-33-35-52-50(43)48(44-34-36-51-49(44)47)46-32-30-42(54-46)38-40(26-22-16-12-8-4)28-24-20-18-14-10-6-2;1-2-4-5-3-1;;;;;;;;;;;;;/h29-36,39-40H,5-28,37-38H2,1-4H3;29-34,39-40H,5-28,37-38H2,1-4H3;1-4H2;9*1H3;1H;;;/q;;;;;;;;;;;;;;;+1/p-1. The Hall–Kier alpha value is -0.274. The second-order valence-electron chi connectivity index (χ2n) is 41.4. The van der Waals surface area contributed by atoms with Crippen LogP contribution in [-0.4, -0.2) is 67.2 Å². The Morgan fingerprint density at radius 3 is 0.698 bits per heavy atom. The molecule has 1 nitrogen and oxygen atoms in total. The summed E-state index contributed by atoms with van der Waals surface area (Å²) >= 11 is 10.3. The Bertz CT molecular complexity index is 4100. The zero-order chi connectivity index (χ0) is 90.4. The number of rotatable bonds is 62. The summed E-state index contributed by atoms with van der Waals surface area (Å²) in [5.74, 6) is 3.32. The topological polar surface area (TPSA) is 9.23 Å². The number of hydrogen-bond acceptors (Lipinski definition) is 9. The third-order valence-corrected chi connectivity index (χ3v) is 53.9. The van der Waals surface area contributed by atoms with Gasteiger partial charge in [-0.2, -0.15) is 0 Å². The average Bonchev–Trinajstić information content (AvgIpc) is 1.56. The van der Waals surface area contributed by atoms with E-state index < -0.39 is 54.0 Å². The van der Waals surface area contributed by atoms with Gasteiger partial charge in [0.2, 0.25) is 0 Å². The fraction of sp³-hybridized carbons (Fsp3) is 0.681. The van der Waals surface area contributed by atoms with Gasteiger partial charge in [0, 0.05) is 64.0 Å². The number of hydrogen-bond donors (Lipinski definition) is 0. The van der Waals surface area contributed by atoms with Crippen LogP contribution in [0.25, 0.3) is 82.1 Å². The van der Waals surface area contributed by atoms with Crippen molar-refractivity contribution in [3.63, 3.8) is 0 Å². The van der Waals surface area contributed by atoms with Gasteiger partial charge < -0.3 is 4.74 Å². The van der Waals surface area contributed by atoms with Crippen molar-refractivity contribution in [2.75, 3.05) is 13.2 Å². The van der Waals surface area contributed by atoms with Crippen LogP contribution in [0.3, 0.4) is 0 Å². The third kappa shape index (κ3) is 39.7. The number of unbranched alkanes of at least 4 members (excludes halogenated alkanes) is 32. The van der Waals surface area contributed by atoms with Crippen LogP contribution in [0, 0.1) is 23.7 Å². The van der Waals surface area contributed by atoms with Gasteiger partial charge in [-0.1, -0.05) is 287 Å². The summed E-state index contributed by atoms with van der Waals surface area (Å²) in [6, 6.07) is 30.4. The van der Waals surface area contributed by atoms with Crippen LogP contribution in [0.15, 0.2) is 83.6 Å². The molecule has 0 aliphatic carbocycles. The molecule has 4 unspecified atom stereocenters. The third-order valence-electron chi connectivity index (χ3n) is 26.4. The summed E-state index contributed by atoms with van der Waals surface area (Å²) in [6.45, 7) is 20.7. The van der Waals surface area contributed by atoms with Crippen molar-refractivity contribution < 1.29 is 4.74 Å². The fourth-order valence-corrected chi connectivity index (χ4v) is 38.8. The molecule has 2 aromatic carbocycles. The van der Waals surface area contributed by atoms with E-state index in [1.165, 1.54) is 398 Å². The Kier molecular flexibility index (Phi) is 55.1. The zero-order valence-electron chi connectivity index (χ0n) is 83.5. The van der Waals surface area contributed by atoms with Gasteiger partial charge in [0.25, 0.3) is 0 Å². The molecule has 1 saturated heterocycles. The molecule has 126 heavy (non-hydrogen) atoms. The molecule has 0 spiro atoms. The first-order valence-corrected chi connectivity index (χ1v) is 91.4. The van der Waals surface area contributed by atoms with E-state index in [0.29, 0.717) is 0 Å². The molecule has 0 saturated carbocycles. The van der Waals surface area contributed by atoms with Crippen LogP contribution in [0.2, 0.25) is 44.5 Å². The fourth-order valence-electron chi connectivity index (χ4n) is 19.0. The van der Waals surface area contributed by atoms with Gasteiger partial charge in [0.05, 0.1) is 0 Å². The van der Waals surface area contributed by atoms with Crippen LogP contribution in [0.4, 0.5) is 0 Å². The maximum atomic E-state index is 5.74. The van der Waals surface area contributed by atoms with Gasteiger partial charge in [-0.05, 0) is 84.7 Å².